The van der Waals surface area contributed by atoms with Crippen LogP contribution in [0.2, 0.25) is 0 Å². The minimum Gasteiger partial charge on any atom is -0.385 e. The first-order chi connectivity index (χ1) is 8.74. The average molecular weight is 256 g/mol. The quantitative estimate of drug-likeness (QED) is 0.619. The minimum absolute atomic E-state index is 0.0759. The fourth-order valence-corrected chi connectivity index (χ4v) is 2.36. The third-order valence-electron chi connectivity index (χ3n) is 3.57. The highest BCUT2D eigenvalue weighted by molar-refractivity contribution is 5.81. The fraction of sp³-hybridized carbons (Fsp3) is 0.929. The molecule has 0 radical (unpaired) electrons. The fourth-order valence-electron chi connectivity index (χ4n) is 2.36. The Kier molecular flexibility index (Phi) is 8.01. The van der Waals surface area contributed by atoms with Gasteiger partial charge in [0.25, 0.3) is 0 Å². The first kappa shape index (κ1) is 15.4. The lowest BCUT2D eigenvalue weighted by atomic mass is 10.2. The van der Waals surface area contributed by atoms with E-state index in [1.54, 1.807) is 7.11 Å². The van der Waals surface area contributed by atoms with E-state index in [0.29, 0.717) is 6.04 Å². The second-order valence-corrected chi connectivity index (χ2v) is 5.22. The molecule has 0 heterocycles. The van der Waals surface area contributed by atoms with Gasteiger partial charge in [0.1, 0.15) is 0 Å². The Labute approximate surface area is 111 Å². The van der Waals surface area contributed by atoms with Crippen molar-refractivity contribution in [2.24, 2.45) is 0 Å². The molecule has 18 heavy (non-hydrogen) atoms. The van der Waals surface area contributed by atoms with Crippen molar-refractivity contribution in [1.82, 2.24) is 10.6 Å². The molecule has 0 saturated heterocycles. The zero-order valence-corrected chi connectivity index (χ0v) is 11.8. The topological polar surface area (TPSA) is 50.4 Å². The van der Waals surface area contributed by atoms with E-state index >= 15 is 0 Å². The number of unbranched alkanes of at least 4 members (excludes halogenated alkanes) is 2. The normalized spacial score (nSPS) is 17.9. The number of ether oxygens (including phenoxy) is 1. The Morgan fingerprint density at radius 3 is 2.67 bits per heavy atom. The molecule has 0 aromatic carbocycles. The molecule has 1 aliphatic carbocycles. The van der Waals surface area contributed by atoms with Gasteiger partial charge in [-0.2, -0.15) is 0 Å². The third-order valence-corrected chi connectivity index (χ3v) is 3.57. The maximum Gasteiger partial charge on any atom is 0.237 e. The van der Waals surface area contributed by atoms with Crippen LogP contribution in [0.1, 0.15) is 51.9 Å². The van der Waals surface area contributed by atoms with Crippen molar-refractivity contribution < 1.29 is 9.53 Å². The molecule has 0 aliphatic heterocycles. The molecule has 0 aromatic rings. The molecule has 0 bridgehead atoms. The summed E-state index contributed by atoms with van der Waals surface area (Å²) in [6.07, 6.45) is 8.16. The van der Waals surface area contributed by atoms with Crippen LogP contribution in [0.4, 0.5) is 0 Å². The van der Waals surface area contributed by atoms with Crippen LogP contribution < -0.4 is 10.6 Å². The van der Waals surface area contributed by atoms with Crippen molar-refractivity contribution in [1.29, 1.82) is 0 Å². The summed E-state index contributed by atoms with van der Waals surface area (Å²) in [5.41, 5.74) is 0. The Balaban J connectivity index is 2.00. The highest BCUT2D eigenvalue weighted by Gasteiger charge is 2.19. The number of carbonyl (C=O) groups is 1. The molecule has 4 nitrogen and oxygen atoms in total. The van der Waals surface area contributed by atoms with E-state index in [1.807, 2.05) is 6.92 Å². The first-order valence-corrected chi connectivity index (χ1v) is 7.26. The van der Waals surface area contributed by atoms with Gasteiger partial charge < -0.3 is 15.4 Å². The lowest BCUT2D eigenvalue weighted by Gasteiger charge is -2.17. The third kappa shape index (κ3) is 6.36. The van der Waals surface area contributed by atoms with Crippen molar-refractivity contribution in [2.45, 2.75) is 64.0 Å². The molecule has 1 atom stereocenters. The number of rotatable bonds is 9. The van der Waals surface area contributed by atoms with Gasteiger partial charge in [-0.05, 0) is 45.6 Å². The molecule has 1 saturated carbocycles. The van der Waals surface area contributed by atoms with Gasteiger partial charge in [-0.15, -0.1) is 0 Å². The van der Waals surface area contributed by atoms with Crippen LogP contribution in [-0.4, -0.2) is 38.3 Å². The van der Waals surface area contributed by atoms with Crippen LogP contribution in [0.3, 0.4) is 0 Å². The lowest BCUT2D eigenvalue weighted by molar-refractivity contribution is -0.123. The Morgan fingerprint density at radius 2 is 2.00 bits per heavy atom. The van der Waals surface area contributed by atoms with Crippen LogP contribution in [0.25, 0.3) is 0 Å². The second kappa shape index (κ2) is 9.34. The van der Waals surface area contributed by atoms with E-state index in [2.05, 4.69) is 10.6 Å². The van der Waals surface area contributed by atoms with Crippen molar-refractivity contribution in [3.8, 4) is 0 Å². The van der Waals surface area contributed by atoms with Crippen LogP contribution in [0.15, 0.2) is 0 Å². The van der Waals surface area contributed by atoms with E-state index < -0.39 is 0 Å². The van der Waals surface area contributed by atoms with Crippen molar-refractivity contribution in [3.63, 3.8) is 0 Å². The van der Waals surface area contributed by atoms with Crippen molar-refractivity contribution in [2.75, 3.05) is 20.3 Å². The number of hydrogen-bond acceptors (Lipinski definition) is 3. The molecule has 1 fully saturated rings. The van der Waals surface area contributed by atoms with E-state index in [-0.39, 0.29) is 11.9 Å². The predicted octanol–water partition coefficient (Wildman–Crippen LogP) is 1.84. The molecule has 1 rings (SSSR count). The maximum absolute atomic E-state index is 11.9. The van der Waals surface area contributed by atoms with Crippen LogP contribution >= 0.6 is 0 Å². The van der Waals surface area contributed by atoms with Gasteiger partial charge >= 0.3 is 0 Å². The maximum atomic E-state index is 11.9. The zero-order chi connectivity index (χ0) is 13.2. The molecular weight excluding hydrogens is 228 g/mol. The monoisotopic (exact) mass is 256 g/mol. The standard InChI is InChI=1S/C14H28N2O2/c1-12(15-10-6-3-7-11-18-2)14(17)16-13-8-4-5-9-13/h12-13,15H,3-11H2,1-2H3,(H,16,17). The van der Waals surface area contributed by atoms with E-state index in [4.69, 9.17) is 4.74 Å². The summed E-state index contributed by atoms with van der Waals surface area (Å²) in [4.78, 5) is 11.9. The summed E-state index contributed by atoms with van der Waals surface area (Å²) < 4.78 is 5.00. The second-order valence-electron chi connectivity index (χ2n) is 5.22. The summed E-state index contributed by atoms with van der Waals surface area (Å²) in [7, 11) is 1.73. The minimum atomic E-state index is -0.0759. The smallest absolute Gasteiger partial charge is 0.237 e. The van der Waals surface area contributed by atoms with Crippen LogP contribution in [0.5, 0.6) is 0 Å². The summed E-state index contributed by atoms with van der Waals surface area (Å²) in [6.45, 7) is 3.68. The van der Waals surface area contributed by atoms with E-state index in [9.17, 15) is 4.79 Å². The largest absolute Gasteiger partial charge is 0.385 e. The molecule has 0 spiro atoms. The predicted molar refractivity (Wildman–Crippen MR) is 73.6 cm³/mol. The average Bonchev–Trinajstić information content (AvgIpc) is 2.86. The number of nitrogens with one attached hydrogen (secondary N) is 2. The van der Waals surface area contributed by atoms with Gasteiger partial charge in [-0.3, -0.25) is 4.79 Å². The highest BCUT2D eigenvalue weighted by Crippen LogP contribution is 2.17. The first-order valence-electron chi connectivity index (χ1n) is 7.26. The summed E-state index contributed by atoms with van der Waals surface area (Å²) in [5.74, 6) is 0.152. The van der Waals surface area contributed by atoms with Gasteiger partial charge in [-0.25, -0.2) is 0 Å². The van der Waals surface area contributed by atoms with E-state index in [0.717, 1.165) is 45.3 Å². The summed E-state index contributed by atoms with van der Waals surface area (Å²) in [5, 5.41) is 6.40. The number of amides is 1. The number of methoxy groups -OCH3 is 1. The van der Waals surface area contributed by atoms with Gasteiger partial charge in [0.05, 0.1) is 6.04 Å². The Bertz CT molecular complexity index is 228. The molecule has 1 amide bonds. The molecular formula is C14H28N2O2. The number of carbonyl (C=O) groups excluding carboxylic acids is 1. The van der Waals surface area contributed by atoms with Gasteiger partial charge in [-0.1, -0.05) is 12.8 Å². The van der Waals surface area contributed by atoms with Gasteiger partial charge in [0.15, 0.2) is 0 Å². The van der Waals surface area contributed by atoms with E-state index in [1.165, 1.54) is 12.8 Å². The lowest BCUT2D eigenvalue weighted by Crippen LogP contribution is -2.45. The van der Waals surface area contributed by atoms with Gasteiger partial charge in [0, 0.05) is 19.8 Å². The SMILES string of the molecule is COCCCCCNC(C)C(=O)NC1CCCC1. The van der Waals surface area contributed by atoms with Gasteiger partial charge in [0.2, 0.25) is 5.91 Å². The molecule has 1 unspecified atom stereocenters. The Hall–Kier alpha value is -0.610. The molecule has 0 aromatic heterocycles. The van der Waals surface area contributed by atoms with Crippen LogP contribution in [0, 0.1) is 0 Å². The van der Waals surface area contributed by atoms with Crippen LogP contribution in [-0.2, 0) is 9.53 Å². The Morgan fingerprint density at radius 1 is 1.28 bits per heavy atom. The zero-order valence-electron chi connectivity index (χ0n) is 11.8. The number of hydrogen-bond donors (Lipinski definition) is 2. The summed E-state index contributed by atoms with van der Waals surface area (Å²) >= 11 is 0. The molecule has 1 aliphatic rings. The van der Waals surface area contributed by atoms with Crippen molar-refractivity contribution >= 4 is 5.91 Å². The molecule has 2 N–H and O–H groups in total. The highest BCUT2D eigenvalue weighted by atomic mass is 16.5. The molecule has 106 valence electrons. The summed E-state index contributed by atoms with van der Waals surface area (Å²) in [6, 6.07) is 0.344. The molecule has 4 heteroatoms. The van der Waals surface area contributed by atoms with Crippen molar-refractivity contribution in [3.05, 3.63) is 0 Å².